The number of alkyl halides is 4. The first kappa shape index (κ1) is 28.3. The van der Waals surface area contributed by atoms with Crippen LogP contribution in [-0.4, -0.2) is 61.4 Å². The molecule has 8 nitrogen and oxygen atoms in total. The summed E-state index contributed by atoms with van der Waals surface area (Å²) in [4.78, 5) is 26.9. The topological polar surface area (TPSA) is 91.7 Å². The van der Waals surface area contributed by atoms with Gasteiger partial charge in [0, 0.05) is 18.8 Å². The molecule has 0 radical (unpaired) electrons. The van der Waals surface area contributed by atoms with Gasteiger partial charge in [-0.05, 0) is 18.1 Å². The van der Waals surface area contributed by atoms with Crippen molar-refractivity contribution in [2.75, 3.05) is 19.2 Å². The van der Waals surface area contributed by atoms with Gasteiger partial charge in [-0.2, -0.15) is 13.2 Å². The van der Waals surface area contributed by atoms with E-state index in [0.29, 0.717) is 6.42 Å². The van der Waals surface area contributed by atoms with Crippen LogP contribution >= 0.6 is 11.6 Å². The van der Waals surface area contributed by atoms with Crippen LogP contribution in [0.5, 0.6) is 0 Å². The van der Waals surface area contributed by atoms with Crippen LogP contribution in [0.4, 0.5) is 13.2 Å². The summed E-state index contributed by atoms with van der Waals surface area (Å²) in [5.41, 5.74) is -0.322. The van der Waals surface area contributed by atoms with Crippen molar-refractivity contribution in [1.82, 2.24) is 14.9 Å². The van der Waals surface area contributed by atoms with Gasteiger partial charge in [0.1, 0.15) is 18.4 Å². The SMILES string of the molecule is CC(C)(C)[Si](C)(C)OC[C@H]1O[C@@H](n2cc(C#CCNC(=O)C(F)(F)F)cnc2=O)CC1OCCl. The number of hydrogen-bond acceptors (Lipinski definition) is 6. The van der Waals surface area contributed by atoms with E-state index >= 15 is 0 Å². The van der Waals surface area contributed by atoms with Crippen LogP contribution in [0.1, 0.15) is 39.0 Å². The van der Waals surface area contributed by atoms with Crippen LogP contribution < -0.4 is 11.0 Å². The summed E-state index contributed by atoms with van der Waals surface area (Å²) in [5.74, 6) is 2.88. The average molecular weight is 524 g/mol. The summed E-state index contributed by atoms with van der Waals surface area (Å²) < 4.78 is 55.8. The van der Waals surface area contributed by atoms with Crippen LogP contribution in [0, 0.1) is 11.8 Å². The van der Waals surface area contributed by atoms with Crippen LogP contribution in [0.25, 0.3) is 0 Å². The predicted octanol–water partition coefficient (Wildman–Crippen LogP) is 3.16. The molecular formula is C21H29ClF3N3O5Si. The Labute approximate surface area is 202 Å². The zero-order valence-electron chi connectivity index (χ0n) is 19.7. The maximum absolute atomic E-state index is 12.4. The molecule has 0 aliphatic carbocycles. The van der Waals surface area contributed by atoms with E-state index in [1.165, 1.54) is 17.0 Å². The summed E-state index contributed by atoms with van der Waals surface area (Å²) in [6.45, 7) is 10.4. The van der Waals surface area contributed by atoms with Crippen molar-refractivity contribution >= 4 is 25.8 Å². The number of halogens is 4. The summed E-state index contributed by atoms with van der Waals surface area (Å²) >= 11 is 5.77. The van der Waals surface area contributed by atoms with E-state index < -0.39 is 51.1 Å². The molecule has 0 spiro atoms. The smallest absolute Gasteiger partial charge is 0.414 e. The standard InChI is InChI=1S/C21H29ClF3N3O5Si/c1-20(2,3)34(4,5)32-12-16-15(31-13-22)9-17(33-16)28-11-14(10-27-19(28)30)7-6-8-26-18(29)21(23,24)25/h10-11,15-17H,8-9,12-13H2,1-5H3,(H,26,29)/t15?,16-,17-/m1/s1. The van der Waals surface area contributed by atoms with Gasteiger partial charge >= 0.3 is 17.8 Å². The van der Waals surface area contributed by atoms with Gasteiger partial charge in [0.2, 0.25) is 0 Å². The highest BCUT2D eigenvalue weighted by Crippen LogP contribution is 2.38. The number of aromatic nitrogens is 2. The fraction of sp³-hybridized carbons (Fsp3) is 0.667. The lowest BCUT2D eigenvalue weighted by Crippen LogP contribution is -2.44. The van der Waals surface area contributed by atoms with Crippen LogP contribution in [0.2, 0.25) is 18.1 Å². The molecule has 1 aliphatic heterocycles. The van der Waals surface area contributed by atoms with Gasteiger partial charge in [0.25, 0.3) is 0 Å². The summed E-state index contributed by atoms with van der Waals surface area (Å²) in [7, 11) is -2.05. The first-order valence-electron chi connectivity index (χ1n) is 10.5. The Balaban J connectivity index is 2.12. The molecule has 2 heterocycles. The number of carbonyl (C=O) groups excluding carboxylic acids is 1. The Morgan fingerprint density at radius 2 is 2.06 bits per heavy atom. The van der Waals surface area contributed by atoms with Crippen molar-refractivity contribution in [3.05, 3.63) is 28.4 Å². The number of nitrogens with zero attached hydrogens (tertiary/aromatic N) is 2. The van der Waals surface area contributed by atoms with Gasteiger partial charge < -0.3 is 19.2 Å². The minimum absolute atomic E-state index is 0.00126. The lowest BCUT2D eigenvalue weighted by Gasteiger charge is -2.37. The maximum Gasteiger partial charge on any atom is 0.471 e. The van der Waals surface area contributed by atoms with Gasteiger partial charge in [-0.3, -0.25) is 9.36 Å². The molecule has 3 atom stereocenters. The van der Waals surface area contributed by atoms with Crippen molar-refractivity contribution < 1.29 is 31.9 Å². The van der Waals surface area contributed by atoms with Crippen LogP contribution in [0.15, 0.2) is 17.2 Å². The van der Waals surface area contributed by atoms with Crippen molar-refractivity contribution in [1.29, 1.82) is 0 Å². The van der Waals surface area contributed by atoms with E-state index in [-0.39, 0.29) is 23.3 Å². The lowest BCUT2D eigenvalue weighted by molar-refractivity contribution is -0.173. The van der Waals surface area contributed by atoms with Gasteiger partial charge in [-0.15, -0.1) is 0 Å². The Bertz CT molecular complexity index is 985. The van der Waals surface area contributed by atoms with E-state index in [2.05, 4.69) is 50.7 Å². The van der Waals surface area contributed by atoms with Crippen molar-refractivity contribution in [2.24, 2.45) is 0 Å². The number of amides is 1. The van der Waals surface area contributed by atoms with Gasteiger partial charge in [-0.1, -0.05) is 44.2 Å². The zero-order chi connectivity index (χ0) is 25.7. The summed E-state index contributed by atoms with van der Waals surface area (Å²) in [6, 6.07) is -0.0559. The Hall–Kier alpha value is -1.91. The molecule has 1 aliphatic rings. The second kappa shape index (κ2) is 11.2. The molecule has 0 saturated carbocycles. The highest BCUT2D eigenvalue weighted by Gasteiger charge is 2.42. The predicted molar refractivity (Wildman–Crippen MR) is 122 cm³/mol. The van der Waals surface area contributed by atoms with Crippen molar-refractivity contribution in [3.63, 3.8) is 0 Å². The third kappa shape index (κ3) is 7.54. The summed E-state index contributed by atoms with van der Waals surface area (Å²) in [5, 5.41) is 1.65. The van der Waals surface area contributed by atoms with Crippen molar-refractivity contribution in [3.8, 4) is 11.8 Å². The Morgan fingerprint density at radius 1 is 1.38 bits per heavy atom. The molecule has 1 aromatic heterocycles. The quantitative estimate of drug-likeness (QED) is 0.335. The zero-order valence-corrected chi connectivity index (χ0v) is 21.4. The molecule has 0 bridgehead atoms. The normalized spacial score (nSPS) is 21.1. The highest BCUT2D eigenvalue weighted by molar-refractivity contribution is 6.74. The molecular weight excluding hydrogens is 495 g/mol. The third-order valence-electron chi connectivity index (χ3n) is 5.82. The third-order valence-corrected chi connectivity index (χ3v) is 10.4. The summed E-state index contributed by atoms with van der Waals surface area (Å²) in [6.07, 6.45) is -3.66. The number of ether oxygens (including phenoxy) is 2. The number of nitrogens with one attached hydrogen (secondary N) is 1. The number of rotatable bonds is 7. The Kier molecular flexibility index (Phi) is 9.34. The molecule has 1 aromatic rings. The van der Waals surface area contributed by atoms with Gasteiger partial charge in [-0.25, -0.2) is 9.78 Å². The number of carbonyl (C=O) groups is 1. The lowest BCUT2D eigenvalue weighted by atomic mass is 10.2. The molecule has 1 N–H and O–H groups in total. The molecule has 0 aromatic carbocycles. The van der Waals surface area contributed by atoms with Crippen LogP contribution in [-0.2, 0) is 18.7 Å². The second-order valence-electron chi connectivity index (χ2n) is 9.27. The van der Waals surface area contributed by atoms with Crippen molar-refractivity contribution in [2.45, 2.75) is 69.9 Å². The Morgan fingerprint density at radius 3 is 2.65 bits per heavy atom. The molecule has 1 amide bonds. The van der Waals surface area contributed by atoms with Gasteiger partial charge in [0.15, 0.2) is 8.32 Å². The fourth-order valence-corrected chi connectivity index (χ4v) is 4.03. The minimum atomic E-state index is -4.98. The van der Waals surface area contributed by atoms with E-state index in [1.807, 2.05) is 0 Å². The molecule has 34 heavy (non-hydrogen) atoms. The van der Waals surface area contributed by atoms with E-state index in [0.717, 1.165) is 0 Å². The minimum Gasteiger partial charge on any atom is -0.414 e. The molecule has 1 fully saturated rings. The molecule has 13 heteroatoms. The monoisotopic (exact) mass is 523 g/mol. The molecule has 2 rings (SSSR count). The van der Waals surface area contributed by atoms with E-state index in [1.54, 1.807) is 5.32 Å². The molecule has 190 valence electrons. The van der Waals surface area contributed by atoms with Crippen LogP contribution in [0.3, 0.4) is 0 Å². The van der Waals surface area contributed by atoms with E-state index in [4.69, 9.17) is 25.5 Å². The average Bonchev–Trinajstić information content (AvgIpc) is 3.12. The first-order chi connectivity index (χ1) is 15.7. The van der Waals surface area contributed by atoms with E-state index in [9.17, 15) is 22.8 Å². The highest BCUT2D eigenvalue weighted by atomic mass is 35.5. The number of hydrogen-bond donors (Lipinski definition) is 1. The fourth-order valence-electron chi connectivity index (χ4n) is 2.86. The first-order valence-corrected chi connectivity index (χ1v) is 14.0. The molecule has 1 saturated heterocycles. The molecule has 1 unspecified atom stereocenters. The largest absolute Gasteiger partial charge is 0.471 e. The second-order valence-corrected chi connectivity index (χ2v) is 14.3. The maximum atomic E-state index is 12.4. The van der Waals surface area contributed by atoms with Gasteiger partial charge in [0.05, 0.1) is 24.8 Å².